The smallest absolute Gasteiger partial charge is 0.202 e. The molecule has 3 rings (SSSR count). The van der Waals surface area contributed by atoms with Crippen LogP contribution in [-0.4, -0.2) is 11.5 Å². The molecule has 0 spiro atoms. The molecule has 0 saturated heterocycles. The number of rotatable bonds is 2. The predicted molar refractivity (Wildman–Crippen MR) is 72.6 cm³/mol. The molecule has 0 atom stereocenters. The van der Waals surface area contributed by atoms with Gasteiger partial charge < -0.3 is 10.2 Å². The Hall–Kier alpha value is -1.35. The van der Waals surface area contributed by atoms with Gasteiger partial charge >= 0.3 is 0 Å². The number of nitrogens with two attached hydrogens (primary N) is 1. The molecule has 0 radical (unpaired) electrons. The van der Waals surface area contributed by atoms with Crippen LogP contribution >= 0.6 is 0 Å². The van der Waals surface area contributed by atoms with E-state index in [2.05, 4.69) is 13.0 Å². The van der Waals surface area contributed by atoms with Gasteiger partial charge in [0.05, 0.1) is 5.41 Å². The van der Waals surface area contributed by atoms with Crippen molar-refractivity contribution in [3.05, 3.63) is 29.7 Å². The zero-order chi connectivity index (χ0) is 12.6. The number of benzene rings is 1. The van der Waals surface area contributed by atoms with Crippen LogP contribution in [0.2, 0.25) is 0 Å². The van der Waals surface area contributed by atoms with E-state index in [-0.39, 0.29) is 5.41 Å². The first-order valence-corrected chi connectivity index (χ1v) is 6.82. The van der Waals surface area contributed by atoms with Crippen molar-refractivity contribution in [3.8, 4) is 0 Å². The summed E-state index contributed by atoms with van der Waals surface area (Å²) in [5.74, 6) is 0.856. The maximum Gasteiger partial charge on any atom is 0.202 e. The number of para-hydroxylation sites is 1. The number of oxazole rings is 1. The quantitative estimate of drug-likeness (QED) is 0.881. The number of fused-ring (bicyclic) bond motifs is 1. The average molecular weight is 244 g/mol. The number of hydrogen-bond acceptors (Lipinski definition) is 3. The van der Waals surface area contributed by atoms with Gasteiger partial charge in [-0.05, 0) is 31.4 Å². The minimum atomic E-state index is -0.0241. The molecule has 18 heavy (non-hydrogen) atoms. The van der Waals surface area contributed by atoms with E-state index in [9.17, 15) is 0 Å². The summed E-state index contributed by atoms with van der Waals surface area (Å²) in [6, 6.07) is 6.11. The maximum absolute atomic E-state index is 6.04. The summed E-state index contributed by atoms with van der Waals surface area (Å²) in [5, 5.41) is 0. The Morgan fingerprint density at radius 1 is 1.28 bits per heavy atom. The molecule has 1 aliphatic carbocycles. The van der Waals surface area contributed by atoms with Crippen molar-refractivity contribution >= 4 is 11.1 Å². The Bertz CT molecular complexity index is 553. The van der Waals surface area contributed by atoms with Crippen LogP contribution in [0.3, 0.4) is 0 Å². The molecule has 1 heterocycles. The monoisotopic (exact) mass is 244 g/mol. The van der Waals surface area contributed by atoms with E-state index in [0.717, 1.165) is 35.4 Å². The van der Waals surface area contributed by atoms with Gasteiger partial charge in [-0.2, -0.15) is 0 Å². The molecule has 3 heteroatoms. The standard InChI is InChI=1S/C15H20N2O/c1-11-6-5-7-12-13(11)18-14(17-12)15(10-16)8-3-2-4-9-15/h5-7H,2-4,8-10,16H2,1H3. The van der Waals surface area contributed by atoms with Crippen molar-refractivity contribution in [1.82, 2.24) is 4.98 Å². The first-order chi connectivity index (χ1) is 8.75. The van der Waals surface area contributed by atoms with E-state index in [1.54, 1.807) is 0 Å². The molecular formula is C15H20N2O. The van der Waals surface area contributed by atoms with Crippen molar-refractivity contribution in [1.29, 1.82) is 0 Å². The Kier molecular flexibility index (Phi) is 2.86. The number of nitrogens with zero attached hydrogens (tertiary/aromatic N) is 1. The van der Waals surface area contributed by atoms with Crippen LogP contribution in [-0.2, 0) is 5.41 Å². The zero-order valence-corrected chi connectivity index (χ0v) is 10.9. The number of aryl methyl sites for hydroxylation is 1. The van der Waals surface area contributed by atoms with Gasteiger partial charge in [0, 0.05) is 6.54 Å². The molecular weight excluding hydrogens is 224 g/mol. The van der Waals surface area contributed by atoms with Gasteiger partial charge in [-0.25, -0.2) is 4.98 Å². The third-order valence-corrected chi connectivity index (χ3v) is 4.27. The molecule has 1 saturated carbocycles. The minimum Gasteiger partial charge on any atom is -0.440 e. The summed E-state index contributed by atoms with van der Waals surface area (Å²) >= 11 is 0. The molecule has 2 aromatic rings. The van der Waals surface area contributed by atoms with Gasteiger partial charge in [0.25, 0.3) is 0 Å². The second-order valence-electron chi connectivity index (χ2n) is 5.49. The molecule has 3 nitrogen and oxygen atoms in total. The second-order valence-corrected chi connectivity index (χ2v) is 5.49. The minimum absolute atomic E-state index is 0.0241. The molecule has 1 fully saturated rings. The van der Waals surface area contributed by atoms with Gasteiger partial charge in [-0.3, -0.25) is 0 Å². The first kappa shape index (κ1) is 11.7. The summed E-state index contributed by atoms with van der Waals surface area (Å²) < 4.78 is 6.04. The number of aromatic nitrogens is 1. The van der Waals surface area contributed by atoms with Crippen LogP contribution < -0.4 is 5.73 Å². The SMILES string of the molecule is Cc1cccc2nc(C3(CN)CCCCC3)oc12. The summed E-state index contributed by atoms with van der Waals surface area (Å²) in [6.07, 6.45) is 5.98. The molecule has 2 N–H and O–H groups in total. The molecule has 1 aliphatic rings. The van der Waals surface area contributed by atoms with Crippen LogP contribution in [0.1, 0.15) is 43.6 Å². The third-order valence-electron chi connectivity index (χ3n) is 4.27. The molecule has 1 aromatic carbocycles. The van der Waals surface area contributed by atoms with Crippen molar-refractivity contribution in [2.45, 2.75) is 44.4 Å². The lowest BCUT2D eigenvalue weighted by Gasteiger charge is -2.32. The van der Waals surface area contributed by atoms with Gasteiger partial charge in [-0.15, -0.1) is 0 Å². The highest BCUT2D eigenvalue weighted by Crippen LogP contribution is 2.39. The van der Waals surface area contributed by atoms with Gasteiger partial charge in [0.15, 0.2) is 5.58 Å². The van der Waals surface area contributed by atoms with E-state index >= 15 is 0 Å². The van der Waals surface area contributed by atoms with Crippen molar-refractivity contribution in [2.75, 3.05) is 6.54 Å². The van der Waals surface area contributed by atoms with Crippen molar-refractivity contribution < 1.29 is 4.42 Å². The second kappa shape index (κ2) is 4.39. The highest BCUT2D eigenvalue weighted by Gasteiger charge is 2.37. The number of hydrogen-bond donors (Lipinski definition) is 1. The Balaban J connectivity index is 2.09. The third kappa shape index (κ3) is 1.74. The summed E-state index contributed by atoms with van der Waals surface area (Å²) in [6.45, 7) is 2.70. The van der Waals surface area contributed by atoms with E-state index in [1.807, 2.05) is 12.1 Å². The Morgan fingerprint density at radius 2 is 2.06 bits per heavy atom. The Labute approximate surface area is 107 Å². The fourth-order valence-electron chi connectivity index (χ4n) is 3.05. The first-order valence-electron chi connectivity index (χ1n) is 6.82. The molecule has 1 aromatic heterocycles. The average Bonchev–Trinajstić information content (AvgIpc) is 2.85. The van der Waals surface area contributed by atoms with Crippen LogP contribution in [0.5, 0.6) is 0 Å². The largest absolute Gasteiger partial charge is 0.440 e. The predicted octanol–water partition coefficient (Wildman–Crippen LogP) is 3.30. The van der Waals surface area contributed by atoms with E-state index in [0.29, 0.717) is 6.54 Å². The lowest BCUT2D eigenvalue weighted by Crippen LogP contribution is -2.37. The summed E-state index contributed by atoms with van der Waals surface area (Å²) in [5.41, 5.74) is 9.04. The normalized spacial score (nSPS) is 19.2. The van der Waals surface area contributed by atoms with Crippen LogP contribution in [0.25, 0.3) is 11.1 Å². The van der Waals surface area contributed by atoms with Gasteiger partial charge in [-0.1, -0.05) is 31.4 Å². The molecule has 0 aliphatic heterocycles. The fraction of sp³-hybridized carbons (Fsp3) is 0.533. The zero-order valence-electron chi connectivity index (χ0n) is 10.9. The van der Waals surface area contributed by atoms with Crippen molar-refractivity contribution in [3.63, 3.8) is 0 Å². The highest BCUT2D eigenvalue weighted by molar-refractivity contribution is 5.76. The summed E-state index contributed by atoms with van der Waals surface area (Å²) in [7, 11) is 0. The Morgan fingerprint density at radius 3 is 2.72 bits per heavy atom. The lowest BCUT2D eigenvalue weighted by molar-refractivity contribution is 0.247. The topological polar surface area (TPSA) is 52.0 Å². The van der Waals surface area contributed by atoms with E-state index < -0.39 is 0 Å². The van der Waals surface area contributed by atoms with Crippen LogP contribution in [0.15, 0.2) is 22.6 Å². The van der Waals surface area contributed by atoms with Gasteiger partial charge in [0.1, 0.15) is 5.52 Å². The molecule has 0 unspecified atom stereocenters. The maximum atomic E-state index is 6.04. The van der Waals surface area contributed by atoms with Gasteiger partial charge in [0.2, 0.25) is 5.89 Å². The molecule has 0 amide bonds. The lowest BCUT2D eigenvalue weighted by atomic mass is 9.74. The molecule has 96 valence electrons. The van der Waals surface area contributed by atoms with Crippen LogP contribution in [0.4, 0.5) is 0 Å². The molecule has 0 bridgehead atoms. The summed E-state index contributed by atoms with van der Waals surface area (Å²) in [4.78, 5) is 4.69. The fourth-order valence-corrected chi connectivity index (χ4v) is 3.05. The highest BCUT2D eigenvalue weighted by atomic mass is 16.3. The van der Waals surface area contributed by atoms with Crippen molar-refractivity contribution in [2.24, 2.45) is 5.73 Å². The van der Waals surface area contributed by atoms with E-state index in [1.165, 1.54) is 19.3 Å². The van der Waals surface area contributed by atoms with Crippen LogP contribution in [0, 0.1) is 6.92 Å². The van der Waals surface area contributed by atoms with E-state index in [4.69, 9.17) is 15.1 Å².